The van der Waals surface area contributed by atoms with Gasteiger partial charge in [0.2, 0.25) is 0 Å². The normalized spacial score (nSPS) is 12.2. The Balaban J connectivity index is 2.35. The molecule has 21 heavy (non-hydrogen) atoms. The van der Waals surface area contributed by atoms with E-state index in [9.17, 15) is 0 Å². The first-order chi connectivity index (χ1) is 10.2. The SMILES string of the molecule is CCOc1ccc(C(NC)c2csc(Br)c2)cc1OCC. The van der Waals surface area contributed by atoms with Gasteiger partial charge in [-0.3, -0.25) is 0 Å². The van der Waals surface area contributed by atoms with E-state index in [-0.39, 0.29) is 6.04 Å². The number of thiophene rings is 1. The van der Waals surface area contributed by atoms with Crippen molar-refractivity contribution in [3.05, 3.63) is 44.6 Å². The lowest BCUT2D eigenvalue weighted by Gasteiger charge is -2.18. The zero-order chi connectivity index (χ0) is 15.2. The molecule has 0 aliphatic carbocycles. The van der Waals surface area contributed by atoms with Crippen LogP contribution < -0.4 is 14.8 Å². The van der Waals surface area contributed by atoms with Crippen molar-refractivity contribution in [1.82, 2.24) is 5.32 Å². The van der Waals surface area contributed by atoms with Crippen LogP contribution in [-0.4, -0.2) is 20.3 Å². The predicted molar refractivity (Wildman–Crippen MR) is 91.7 cm³/mol. The molecule has 0 saturated heterocycles. The third-order valence-corrected chi connectivity index (χ3v) is 4.63. The van der Waals surface area contributed by atoms with Crippen LogP contribution in [0.4, 0.5) is 0 Å². The van der Waals surface area contributed by atoms with E-state index in [4.69, 9.17) is 9.47 Å². The molecule has 0 aliphatic heterocycles. The molecule has 0 bridgehead atoms. The van der Waals surface area contributed by atoms with Gasteiger partial charge in [-0.05, 0) is 71.5 Å². The van der Waals surface area contributed by atoms with Gasteiger partial charge in [-0.2, -0.15) is 0 Å². The lowest BCUT2D eigenvalue weighted by molar-refractivity contribution is 0.287. The van der Waals surface area contributed by atoms with Gasteiger partial charge in [-0.1, -0.05) is 6.07 Å². The minimum atomic E-state index is 0.141. The lowest BCUT2D eigenvalue weighted by atomic mass is 10.0. The molecule has 2 rings (SSSR count). The second-order valence-electron chi connectivity index (χ2n) is 4.48. The second kappa shape index (κ2) is 7.82. The van der Waals surface area contributed by atoms with E-state index in [1.165, 1.54) is 5.56 Å². The quantitative estimate of drug-likeness (QED) is 0.772. The molecular weight excluding hydrogens is 350 g/mol. The van der Waals surface area contributed by atoms with E-state index in [1.807, 2.05) is 27.0 Å². The van der Waals surface area contributed by atoms with Crippen LogP contribution in [0.3, 0.4) is 0 Å². The highest BCUT2D eigenvalue weighted by molar-refractivity contribution is 9.11. The Hall–Kier alpha value is -1.04. The zero-order valence-electron chi connectivity index (χ0n) is 12.5. The molecule has 5 heteroatoms. The van der Waals surface area contributed by atoms with Crippen molar-refractivity contribution in [3.63, 3.8) is 0 Å². The topological polar surface area (TPSA) is 30.5 Å². The summed E-state index contributed by atoms with van der Waals surface area (Å²) in [5.74, 6) is 1.59. The van der Waals surface area contributed by atoms with Gasteiger partial charge in [-0.15, -0.1) is 11.3 Å². The molecule has 1 N–H and O–H groups in total. The first kappa shape index (κ1) is 16.3. The van der Waals surface area contributed by atoms with Gasteiger partial charge in [-0.25, -0.2) is 0 Å². The minimum Gasteiger partial charge on any atom is -0.490 e. The Morgan fingerprint density at radius 3 is 2.38 bits per heavy atom. The van der Waals surface area contributed by atoms with Gasteiger partial charge < -0.3 is 14.8 Å². The van der Waals surface area contributed by atoms with Gasteiger partial charge in [0.15, 0.2) is 11.5 Å². The monoisotopic (exact) mass is 369 g/mol. The number of hydrogen-bond acceptors (Lipinski definition) is 4. The van der Waals surface area contributed by atoms with Crippen LogP contribution in [0, 0.1) is 0 Å². The van der Waals surface area contributed by atoms with Crippen LogP contribution in [-0.2, 0) is 0 Å². The largest absolute Gasteiger partial charge is 0.490 e. The molecule has 1 aromatic heterocycles. The lowest BCUT2D eigenvalue weighted by Crippen LogP contribution is -2.17. The van der Waals surface area contributed by atoms with Crippen LogP contribution in [0.1, 0.15) is 31.0 Å². The number of halogens is 1. The van der Waals surface area contributed by atoms with Crippen LogP contribution >= 0.6 is 27.3 Å². The minimum absolute atomic E-state index is 0.141. The summed E-state index contributed by atoms with van der Waals surface area (Å²) in [7, 11) is 1.97. The van der Waals surface area contributed by atoms with Gasteiger partial charge in [0.1, 0.15) is 0 Å². The molecule has 1 atom stereocenters. The maximum Gasteiger partial charge on any atom is 0.161 e. The zero-order valence-corrected chi connectivity index (χ0v) is 14.9. The first-order valence-electron chi connectivity index (χ1n) is 7.00. The summed E-state index contributed by atoms with van der Waals surface area (Å²) in [5.41, 5.74) is 2.40. The number of ether oxygens (including phenoxy) is 2. The van der Waals surface area contributed by atoms with Gasteiger partial charge in [0, 0.05) is 0 Å². The Morgan fingerprint density at radius 1 is 1.10 bits per heavy atom. The van der Waals surface area contributed by atoms with E-state index in [0.717, 1.165) is 20.8 Å². The van der Waals surface area contributed by atoms with Crippen LogP contribution in [0.5, 0.6) is 11.5 Å². The van der Waals surface area contributed by atoms with Gasteiger partial charge in [0.05, 0.1) is 23.0 Å². The molecule has 0 amide bonds. The molecule has 0 radical (unpaired) electrons. The Labute approximate surface area is 138 Å². The average Bonchev–Trinajstić information content (AvgIpc) is 2.89. The summed E-state index contributed by atoms with van der Waals surface area (Å²) in [6, 6.07) is 8.40. The van der Waals surface area contributed by atoms with E-state index in [0.29, 0.717) is 13.2 Å². The Kier molecular flexibility index (Phi) is 6.08. The molecular formula is C16H20BrNO2S. The van der Waals surface area contributed by atoms with Crippen molar-refractivity contribution < 1.29 is 9.47 Å². The van der Waals surface area contributed by atoms with Crippen LogP contribution in [0.15, 0.2) is 33.4 Å². The number of rotatable bonds is 7. The predicted octanol–water partition coefficient (Wildman–Crippen LogP) is 4.62. The maximum absolute atomic E-state index is 5.71. The van der Waals surface area contributed by atoms with Gasteiger partial charge in [0.25, 0.3) is 0 Å². The summed E-state index contributed by atoms with van der Waals surface area (Å²) in [5, 5.41) is 5.51. The highest BCUT2D eigenvalue weighted by Gasteiger charge is 2.16. The molecule has 0 fully saturated rings. The van der Waals surface area contributed by atoms with E-state index >= 15 is 0 Å². The molecule has 0 spiro atoms. The molecule has 1 aromatic carbocycles. The van der Waals surface area contributed by atoms with E-state index < -0.39 is 0 Å². The second-order valence-corrected chi connectivity index (χ2v) is 6.77. The standard InChI is InChI=1S/C16H20BrNO2S/c1-4-19-13-7-6-11(8-14(13)20-5-2)16(18-3)12-9-15(17)21-10-12/h6-10,16,18H,4-5H2,1-3H3. The molecule has 0 saturated carbocycles. The smallest absolute Gasteiger partial charge is 0.161 e. The van der Waals surface area contributed by atoms with Crippen LogP contribution in [0.25, 0.3) is 0 Å². The first-order valence-corrected chi connectivity index (χ1v) is 8.67. The fourth-order valence-electron chi connectivity index (χ4n) is 2.25. The molecule has 114 valence electrons. The molecule has 0 aliphatic rings. The van der Waals surface area contributed by atoms with Crippen molar-refractivity contribution >= 4 is 27.3 Å². The fraction of sp³-hybridized carbons (Fsp3) is 0.375. The average molecular weight is 370 g/mol. The number of nitrogens with one attached hydrogen (secondary N) is 1. The Morgan fingerprint density at radius 2 is 1.81 bits per heavy atom. The molecule has 1 unspecified atom stereocenters. The van der Waals surface area contributed by atoms with Crippen molar-refractivity contribution in [3.8, 4) is 11.5 Å². The van der Waals surface area contributed by atoms with Crippen molar-refractivity contribution in [2.75, 3.05) is 20.3 Å². The summed E-state index contributed by atoms with van der Waals surface area (Å²) in [6.07, 6.45) is 0. The molecule has 1 heterocycles. The summed E-state index contributed by atoms with van der Waals surface area (Å²) in [4.78, 5) is 0. The molecule has 3 nitrogen and oxygen atoms in total. The number of hydrogen-bond donors (Lipinski definition) is 1. The summed E-state index contributed by atoms with van der Waals surface area (Å²) < 4.78 is 12.5. The molecule has 2 aromatic rings. The summed E-state index contributed by atoms with van der Waals surface area (Å²) in [6.45, 7) is 5.21. The van der Waals surface area contributed by atoms with Crippen LogP contribution in [0.2, 0.25) is 0 Å². The van der Waals surface area contributed by atoms with Gasteiger partial charge >= 0.3 is 0 Å². The summed E-state index contributed by atoms with van der Waals surface area (Å²) >= 11 is 5.21. The van der Waals surface area contributed by atoms with Crippen molar-refractivity contribution in [2.45, 2.75) is 19.9 Å². The maximum atomic E-state index is 5.71. The highest BCUT2D eigenvalue weighted by Crippen LogP contribution is 2.34. The van der Waals surface area contributed by atoms with E-state index in [2.05, 4.69) is 44.8 Å². The fourth-order valence-corrected chi connectivity index (χ4v) is 3.45. The van der Waals surface area contributed by atoms with Crippen molar-refractivity contribution in [1.29, 1.82) is 0 Å². The Bertz CT molecular complexity index is 585. The van der Waals surface area contributed by atoms with E-state index in [1.54, 1.807) is 11.3 Å². The third kappa shape index (κ3) is 3.99. The number of benzene rings is 1. The van der Waals surface area contributed by atoms with Crippen molar-refractivity contribution in [2.24, 2.45) is 0 Å². The highest BCUT2D eigenvalue weighted by atomic mass is 79.9. The third-order valence-electron chi connectivity index (χ3n) is 3.11.